The number of carbonyl (C=O) groups is 1. The normalized spacial score (nSPS) is 10.1. The second-order valence-corrected chi connectivity index (χ2v) is 3.74. The van der Waals surface area contributed by atoms with Gasteiger partial charge in [0.25, 0.3) is 5.91 Å². The molecular formula is C14H14N2O2. The van der Waals surface area contributed by atoms with E-state index in [0.29, 0.717) is 16.9 Å². The molecule has 0 atom stereocenters. The maximum atomic E-state index is 12.3. The molecule has 0 aromatic heterocycles. The average Bonchev–Trinajstić information content (AvgIpc) is 2.41. The van der Waals surface area contributed by atoms with Gasteiger partial charge < -0.3 is 5.73 Å². The third-order valence-electron chi connectivity index (χ3n) is 2.49. The minimum Gasteiger partial charge on any atom is -0.399 e. The van der Waals surface area contributed by atoms with Crippen molar-refractivity contribution in [2.24, 2.45) is 0 Å². The van der Waals surface area contributed by atoms with Crippen molar-refractivity contribution in [2.75, 3.05) is 17.9 Å². The first-order chi connectivity index (χ1) is 8.72. The molecule has 18 heavy (non-hydrogen) atoms. The van der Waals surface area contributed by atoms with Crippen molar-refractivity contribution < 1.29 is 9.63 Å². The Kier molecular flexibility index (Phi) is 3.60. The van der Waals surface area contributed by atoms with Gasteiger partial charge in [0, 0.05) is 11.3 Å². The van der Waals surface area contributed by atoms with Crippen LogP contribution in [0.5, 0.6) is 0 Å². The standard InChI is InChI=1S/C14H14N2O2/c1-18-16(13-8-3-2-4-9-13)14(17)11-6-5-7-12(15)10-11/h2-10H,15H2,1H3. The predicted molar refractivity (Wildman–Crippen MR) is 71.1 cm³/mol. The van der Waals surface area contributed by atoms with Crippen LogP contribution in [0.15, 0.2) is 54.6 Å². The van der Waals surface area contributed by atoms with Gasteiger partial charge in [-0.2, -0.15) is 5.06 Å². The Morgan fingerprint density at radius 1 is 1.11 bits per heavy atom. The number of para-hydroxylation sites is 1. The van der Waals surface area contributed by atoms with Gasteiger partial charge in [0.15, 0.2) is 0 Å². The molecule has 0 unspecified atom stereocenters. The molecule has 0 spiro atoms. The molecule has 0 aliphatic heterocycles. The van der Waals surface area contributed by atoms with E-state index in [9.17, 15) is 4.79 Å². The van der Waals surface area contributed by atoms with E-state index in [4.69, 9.17) is 10.6 Å². The van der Waals surface area contributed by atoms with Crippen LogP contribution in [0.1, 0.15) is 10.4 Å². The molecule has 4 nitrogen and oxygen atoms in total. The van der Waals surface area contributed by atoms with E-state index >= 15 is 0 Å². The molecule has 1 amide bonds. The molecule has 0 aliphatic rings. The van der Waals surface area contributed by atoms with Crippen molar-refractivity contribution in [1.29, 1.82) is 0 Å². The lowest BCUT2D eigenvalue weighted by Crippen LogP contribution is -2.29. The van der Waals surface area contributed by atoms with E-state index in [1.54, 1.807) is 36.4 Å². The monoisotopic (exact) mass is 242 g/mol. The van der Waals surface area contributed by atoms with Gasteiger partial charge in [-0.25, -0.2) is 0 Å². The summed E-state index contributed by atoms with van der Waals surface area (Å²) >= 11 is 0. The quantitative estimate of drug-likeness (QED) is 0.664. The van der Waals surface area contributed by atoms with Crippen molar-refractivity contribution in [3.8, 4) is 0 Å². The van der Waals surface area contributed by atoms with E-state index in [2.05, 4.69) is 0 Å². The fraction of sp³-hybridized carbons (Fsp3) is 0.0714. The Balaban J connectivity index is 2.32. The summed E-state index contributed by atoms with van der Waals surface area (Å²) in [5.41, 5.74) is 7.37. The Bertz CT molecular complexity index is 541. The molecule has 2 rings (SSSR count). The van der Waals surface area contributed by atoms with Crippen LogP contribution >= 0.6 is 0 Å². The lowest BCUT2D eigenvalue weighted by Gasteiger charge is -2.19. The topological polar surface area (TPSA) is 55.6 Å². The molecule has 4 heteroatoms. The van der Waals surface area contributed by atoms with Gasteiger partial charge in [0.2, 0.25) is 0 Å². The van der Waals surface area contributed by atoms with E-state index in [1.165, 1.54) is 12.2 Å². The van der Waals surface area contributed by atoms with Crippen LogP contribution in [0, 0.1) is 0 Å². The Hall–Kier alpha value is -2.33. The highest BCUT2D eigenvalue weighted by atomic mass is 16.7. The number of nitrogens with two attached hydrogens (primary N) is 1. The Morgan fingerprint density at radius 2 is 1.83 bits per heavy atom. The number of amides is 1. The number of hydrogen-bond donors (Lipinski definition) is 1. The first-order valence-corrected chi connectivity index (χ1v) is 5.51. The summed E-state index contributed by atoms with van der Waals surface area (Å²) in [6.45, 7) is 0. The molecule has 2 N–H and O–H groups in total. The number of nitrogens with zero attached hydrogens (tertiary/aromatic N) is 1. The van der Waals surface area contributed by atoms with Gasteiger partial charge in [0.05, 0.1) is 12.8 Å². The van der Waals surface area contributed by atoms with Crippen LogP contribution in [0.3, 0.4) is 0 Å². The van der Waals surface area contributed by atoms with Crippen molar-refractivity contribution in [1.82, 2.24) is 0 Å². The van der Waals surface area contributed by atoms with Crippen LogP contribution in [0.2, 0.25) is 0 Å². The predicted octanol–water partition coefficient (Wildman–Crippen LogP) is 2.48. The van der Waals surface area contributed by atoms with E-state index in [-0.39, 0.29) is 5.91 Å². The number of hydroxylamine groups is 1. The minimum atomic E-state index is -0.254. The molecule has 0 aliphatic carbocycles. The SMILES string of the molecule is CON(C(=O)c1cccc(N)c1)c1ccccc1. The fourth-order valence-electron chi connectivity index (χ4n) is 1.66. The molecule has 92 valence electrons. The summed E-state index contributed by atoms with van der Waals surface area (Å²) in [7, 11) is 1.46. The molecule has 2 aromatic carbocycles. The summed E-state index contributed by atoms with van der Waals surface area (Å²) in [6.07, 6.45) is 0. The van der Waals surface area contributed by atoms with Crippen molar-refractivity contribution >= 4 is 17.3 Å². The summed E-state index contributed by atoms with van der Waals surface area (Å²) in [6, 6.07) is 16.0. The molecule has 0 saturated heterocycles. The van der Waals surface area contributed by atoms with Gasteiger partial charge in [0.1, 0.15) is 0 Å². The summed E-state index contributed by atoms with van der Waals surface area (Å²) in [5, 5.41) is 1.23. The molecule has 2 aromatic rings. The number of benzene rings is 2. The maximum absolute atomic E-state index is 12.3. The zero-order valence-corrected chi connectivity index (χ0v) is 10.0. The highest BCUT2D eigenvalue weighted by molar-refractivity contribution is 6.05. The molecule has 0 heterocycles. The van der Waals surface area contributed by atoms with Crippen LogP contribution in [0.4, 0.5) is 11.4 Å². The maximum Gasteiger partial charge on any atom is 0.282 e. The number of carbonyl (C=O) groups excluding carboxylic acids is 1. The van der Waals surface area contributed by atoms with Crippen LogP contribution < -0.4 is 10.8 Å². The highest BCUT2D eigenvalue weighted by Crippen LogP contribution is 2.17. The highest BCUT2D eigenvalue weighted by Gasteiger charge is 2.17. The smallest absolute Gasteiger partial charge is 0.282 e. The molecule has 0 fully saturated rings. The molecule has 0 saturated carbocycles. The first kappa shape index (κ1) is 12.1. The zero-order valence-electron chi connectivity index (χ0n) is 10.0. The van der Waals surface area contributed by atoms with Crippen LogP contribution in [0.25, 0.3) is 0 Å². The summed E-state index contributed by atoms with van der Waals surface area (Å²) in [4.78, 5) is 17.4. The number of anilines is 2. The fourth-order valence-corrected chi connectivity index (χ4v) is 1.66. The lowest BCUT2D eigenvalue weighted by atomic mass is 10.2. The second kappa shape index (κ2) is 5.33. The van der Waals surface area contributed by atoms with Crippen LogP contribution in [-0.2, 0) is 4.84 Å². The van der Waals surface area contributed by atoms with Gasteiger partial charge in [-0.15, -0.1) is 0 Å². The van der Waals surface area contributed by atoms with Crippen molar-refractivity contribution in [2.45, 2.75) is 0 Å². The first-order valence-electron chi connectivity index (χ1n) is 5.51. The largest absolute Gasteiger partial charge is 0.399 e. The lowest BCUT2D eigenvalue weighted by molar-refractivity contribution is 0.0773. The van der Waals surface area contributed by atoms with Crippen LogP contribution in [-0.4, -0.2) is 13.0 Å². The number of rotatable bonds is 3. The second-order valence-electron chi connectivity index (χ2n) is 3.74. The molecular weight excluding hydrogens is 228 g/mol. The molecule has 0 bridgehead atoms. The van der Waals surface area contributed by atoms with Crippen molar-refractivity contribution in [3.63, 3.8) is 0 Å². The Morgan fingerprint density at radius 3 is 2.44 bits per heavy atom. The third kappa shape index (κ3) is 2.49. The van der Waals surface area contributed by atoms with Gasteiger partial charge >= 0.3 is 0 Å². The Labute approximate surface area is 106 Å². The van der Waals surface area contributed by atoms with Gasteiger partial charge in [-0.05, 0) is 30.3 Å². The molecule has 0 radical (unpaired) electrons. The van der Waals surface area contributed by atoms with E-state index in [0.717, 1.165) is 0 Å². The summed E-state index contributed by atoms with van der Waals surface area (Å²) in [5.74, 6) is -0.254. The van der Waals surface area contributed by atoms with Gasteiger partial charge in [-0.3, -0.25) is 9.63 Å². The number of nitrogen functional groups attached to an aromatic ring is 1. The number of hydrogen-bond acceptors (Lipinski definition) is 3. The van der Waals surface area contributed by atoms with E-state index in [1.807, 2.05) is 18.2 Å². The third-order valence-corrected chi connectivity index (χ3v) is 2.49. The zero-order chi connectivity index (χ0) is 13.0. The van der Waals surface area contributed by atoms with E-state index < -0.39 is 0 Å². The van der Waals surface area contributed by atoms with Gasteiger partial charge in [-0.1, -0.05) is 24.3 Å². The minimum absolute atomic E-state index is 0.254. The average molecular weight is 242 g/mol. The summed E-state index contributed by atoms with van der Waals surface area (Å²) < 4.78 is 0. The van der Waals surface area contributed by atoms with Crippen molar-refractivity contribution in [3.05, 3.63) is 60.2 Å².